The number of rotatable bonds is 5. The molecule has 6 nitrogen and oxygen atoms in total. The van der Waals surface area contributed by atoms with Crippen molar-refractivity contribution in [1.82, 2.24) is 29.1 Å². The van der Waals surface area contributed by atoms with Gasteiger partial charge in [0, 0.05) is 36.2 Å². The molecule has 0 aliphatic carbocycles. The van der Waals surface area contributed by atoms with Gasteiger partial charge in [-0.25, -0.2) is 15.0 Å². The summed E-state index contributed by atoms with van der Waals surface area (Å²) in [5.41, 5.74) is 3.18. The molecule has 0 saturated heterocycles. The molecule has 4 aromatic rings. The number of hydrogen-bond donors (Lipinski definition) is 0. The molecule has 0 radical (unpaired) electrons. The maximum Gasteiger partial charge on any atom is 0.169 e. The Labute approximate surface area is 150 Å². The van der Waals surface area contributed by atoms with Crippen LogP contribution >= 0.6 is 11.3 Å². The van der Waals surface area contributed by atoms with Gasteiger partial charge >= 0.3 is 0 Å². The minimum Gasteiger partial charge on any atom is -0.327 e. The largest absolute Gasteiger partial charge is 0.327 e. The average Bonchev–Trinajstić information content (AvgIpc) is 3.33. The summed E-state index contributed by atoms with van der Waals surface area (Å²) < 4.78 is 4.36. The lowest BCUT2D eigenvalue weighted by atomic mass is 10.1. The fourth-order valence-electron chi connectivity index (χ4n) is 3.00. The van der Waals surface area contributed by atoms with E-state index in [1.165, 1.54) is 0 Å². The van der Waals surface area contributed by atoms with E-state index < -0.39 is 0 Å². The van der Waals surface area contributed by atoms with Gasteiger partial charge in [0.05, 0.1) is 18.3 Å². The highest BCUT2D eigenvalue weighted by atomic mass is 32.1. The summed E-state index contributed by atoms with van der Waals surface area (Å²) in [5, 5.41) is 2.89. The van der Waals surface area contributed by atoms with E-state index in [1.54, 1.807) is 17.5 Å². The molecule has 0 aliphatic rings. The Morgan fingerprint density at radius 1 is 1.16 bits per heavy atom. The number of hydrogen-bond acceptors (Lipinski definition) is 5. The van der Waals surface area contributed by atoms with Crippen LogP contribution < -0.4 is 0 Å². The molecule has 0 aliphatic heterocycles. The summed E-state index contributed by atoms with van der Waals surface area (Å²) in [4.78, 5) is 18.2. The van der Waals surface area contributed by atoms with Crippen LogP contribution in [0.4, 0.5) is 0 Å². The predicted molar refractivity (Wildman–Crippen MR) is 99.7 cm³/mol. The first-order valence-corrected chi connectivity index (χ1v) is 9.31. The van der Waals surface area contributed by atoms with Crippen LogP contribution in [0.1, 0.15) is 38.2 Å². The molecule has 4 aromatic heterocycles. The van der Waals surface area contributed by atoms with Crippen LogP contribution in [0.15, 0.2) is 36.2 Å². The molecule has 0 bridgehead atoms. The van der Waals surface area contributed by atoms with E-state index in [0.717, 1.165) is 39.9 Å². The maximum atomic E-state index is 4.82. The Morgan fingerprint density at radius 3 is 2.76 bits per heavy atom. The van der Waals surface area contributed by atoms with E-state index in [1.807, 2.05) is 24.0 Å². The molecule has 0 N–H and O–H groups in total. The summed E-state index contributed by atoms with van der Waals surface area (Å²) in [6.45, 7) is 8.00. The van der Waals surface area contributed by atoms with E-state index in [4.69, 9.17) is 4.98 Å². The van der Waals surface area contributed by atoms with Crippen LogP contribution in [0.2, 0.25) is 0 Å². The summed E-state index contributed by atoms with van der Waals surface area (Å²) in [5.74, 6) is 2.29. The number of aromatic nitrogens is 6. The SMILES string of the molecule is CCn1c(Cn2ccnc2-c2nccs2)nc2cnc(C(C)C)cc21. The molecule has 25 heavy (non-hydrogen) atoms. The molecule has 4 rings (SSSR count). The Balaban J connectivity index is 1.76. The van der Waals surface area contributed by atoms with Crippen molar-refractivity contribution in [1.29, 1.82) is 0 Å². The molecule has 0 unspecified atom stereocenters. The lowest BCUT2D eigenvalue weighted by Gasteiger charge is -2.09. The standard InChI is InChI=1S/C18H20N6S/c1-4-24-15-9-13(12(2)3)21-10-14(15)22-16(24)11-23-7-5-19-17(23)18-20-6-8-25-18/h5-10,12H,4,11H2,1-3H3. The third-order valence-electron chi connectivity index (χ3n) is 4.29. The fourth-order valence-corrected chi connectivity index (χ4v) is 3.65. The van der Waals surface area contributed by atoms with Gasteiger partial charge in [-0.05, 0) is 18.9 Å². The van der Waals surface area contributed by atoms with Gasteiger partial charge in [-0.15, -0.1) is 11.3 Å². The zero-order valence-electron chi connectivity index (χ0n) is 14.5. The number of aryl methyl sites for hydroxylation is 1. The average molecular weight is 352 g/mol. The van der Waals surface area contributed by atoms with Crippen LogP contribution in [0.3, 0.4) is 0 Å². The molecule has 0 fully saturated rings. The van der Waals surface area contributed by atoms with E-state index in [-0.39, 0.29) is 0 Å². The zero-order chi connectivity index (χ0) is 17.4. The Kier molecular flexibility index (Phi) is 4.09. The van der Waals surface area contributed by atoms with Crippen molar-refractivity contribution < 1.29 is 0 Å². The Morgan fingerprint density at radius 2 is 2.04 bits per heavy atom. The molecule has 128 valence electrons. The second-order valence-electron chi connectivity index (χ2n) is 6.24. The third kappa shape index (κ3) is 2.84. The molecular weight excluding hydrogens is 332 g/mol. The van der Waals surface area contributed by atoms with Crippen molar-refractivity contribution in [2.75, 3.05) is 0 Å². The summed E-state index contributed by atoms with van der Waals surface area (Å²) in [7, 11) is 0. The Hall–Kier alpha value is -2.54. The second kappa shape index (κ2) is 6.40. The Bertz CT molecular complexity index is 996. The maximum absolute atomic E-state index is 4.82. The lowest BCUT2D eigenvalue weighted by Crippen LogP contribution is -2.08. The highest BCUT2D eigenvalue weighted by molar-refractivity contribution is 7.13. The van der Waals surface area contributed by atoms with Crippen molar-refractivity contribution in [2.45, 2.75) is 39.8 Å². The van der Waals surface area contributed by atoms with Crippen LogP contribution in [0.5, 0.6) is 0 Å². The van der Waals surface area contributed by atoms with Gasteiger partial charge < -0.3 is 9.13 Å². The summed E-state index contributed by atoms with van der Waals surface area (Å²) in [6.07, 6.45) is 7.48. The van der Waals surface area contributed by atoms with Crippen LogP contribution in [-0.2, 0) is 13.1 Å². The van der Waals surface area contributed by atoms with Gasteiger partial charge in [0.1, 0.15) is 11.3 Å². The van der Waals surface area contributed by atoms with E-state index in [9.17, 15) is 0 Å². The van der Waals surface area contributed by atoms with Crippen molar-refractivity contribution in [3.05, 3.63) is 47.8 Å². The van der Waals surface area contributed by atoms with Crippen LogP contribution in [-0.4, -0.2) is 29.1 Å². The zero-order valence-corrected chi connectivity index (χ0v) is 15.4. The smallest absolute Gasteiger partial charge is 0.169 e. The molecule has 0 spiro atoms. The first-order chi connectivity index (χ1) is 12.2. The van der Waals surface area contributed by atoms with Gasteiger partial charge in [0.25, 0.3) is 0 Å². The molecule has 0 atom stereocenters. The quantitative estimate of drug-likeness (QED) is 0.546. The summed E-state index contributed by atoms with van der Waals surface area (Å²) >= 11 is 1.59. The number of fused-ring (bicyclic) bond motifs is 1. The van der Waals surface area contributed by atoms with Crippen molar-refractivity contribution in [3.8, 4) is 10.8 Å². The molecular formula is C18H20N6S. The molecule has 0 aromatic carbocycles. The molecule has 7 heteroatoms. The normalized spacial score (nSPS) is 11.7. The lowest BCUT2D eigenvalue weighted by molar-refractivity contribution is 0.666. The van der Waals surface area contributed by atoms with Gasteiger partial charge in [0.2, 0.25) is 0 Å². The number of imidazole rings is 2. The van der Waals surface area contributed by atoms with E-state index >= 15 is 0 Å². The minimum absolute atomic E-state index is 0.401. The first-order valence-electron chi connectivity index (χ1n) is 8.43. The van der Waals surface area contributed by atoms with Gasteiger partial charge in [0.15, 0.2) is 10.8 Å². The molecule has 4 heterocycles. The van der Waals surface area contributed by atoms with Gasteiger partial charge in [-0.2, -0.15) is 0 Å². The van der Waals surface area contributed by atoms with Crippen molar-refractivity contribution >= 4 is 22.4 Å². The molecule has 0 saturated carbocycles. The van der Waals surface area contributed by atoms with Crippen molar-refractivity contribution in [2.24, 2.45) is 0 Å². The van der Waals surface area contributed by atoms with Crippen LogP contribution in [0, 0.1) is 0 Å². The number of thiazole rings is 1. The number of pyridine rings is 1. The third-order valence-corrected chi connectivity index (χ3v) is 5.06. The van der Waals surface area contributed by atoms with Crippen molar-refractivity contribution in [3.63, 3.8) is 0 Å². The van der Waals surface area contributed by atoms with Gasteiger partial charge in [-0.1, -0.05) is 13.8 Å². The highest BCUT2D eigenvalue weighted by Crippen LogP contribution is 2.23. The van der Waals surface area contributed by atoms with Crippen LogP contribution in [0.25, 0.3) is 21.9 Å². The van der Waals surface area contributed by atoms with E-state index in [2.05, 4.69) is 50.9 Å². The predicted octanol–water partition coefficient (Wildman–Crippen LogP) is 3.94. The highest BCUT2D eigenvalue weighted by Gasteiger charge is 2.15. The second-order valence-corrected chi connectivity index (χ2v) is 7.14. The van der Waals surface area contributed by atoms with Gasteiger partial charge in [-0.3, -0.25) is 4.98 Å². The minimum atomic E-state index is 0.401. The fraction of sp³-hybridized carbons (Fsp3) is 0.333. The topological polar surface area (TPSA) is 61.4 Å². The number of nitrogens with zero attached hydrogens (tertiary/aromatic N) is 6. The first kappa shape index (κ1) is 16.0. The molecule has 0 amide bonds. The summed E-state index contributed by atoms with van der Waals surface area (Å²) in [6, 6.07) is 2.16. The monoisotopic (exact) mass is 352 g/mol. The van der Waals surface area contributed by atoms with E-state index in [0.29, 0.717) is 12.5 Å².